The molecule has 0 unspecified atom stereocenters. The first-order valence-electron chi connectivity index (χ1n) is 18.2. The lowest BCUT2D eigenvalue weighted by molar-refractivity contribution is 0.674. The van der Waals surface area contributed by atoms with E-state index in [4.69, 9.17) is 14.4 Å². The molecule has 0 N–H and O–H groups in total. The molecule has 0 saturated carbocycles. The van der Waals surface area contributed by atoms with Gasteiger partial charge in [0.05, 0.1) is 27.8 Å². The number of aromatic nitrogens is 3. The van der Waals surface area contributed by atoms with Gasteiger partial charge in [-0.25, -0.2) is 9.97 Å². The quantitative estimate of drug-likeness (QED) is 0.181. The predicted octanol–water partition coefficient (Wildman–Crippen LogP) is 13.3. The van der Waals surface area contributed by atoms with Crippen molar-refractivity contribution in [2.24, 2.45) is 0 Å². The van der Waals surface area contributed by atoms with Crippen molar-refractivity contribution in [2.75, 3.05) is 0 Å². The first-order chi connectivity index (χ1) is 26.8. The van der Waals surface area contributed by atoms with E-state index in [1.165, 1.54) is 5.56 Å². The van der Waals surface area contributed by atoms with Gasteiger partial charge in [-0.1, -0.05) is 146 Å². The van der Waals surface area contributed by atoms with Crippen molar-refractivity contribution in [3.63, 3.8) is 0 Å². The maximum Gasteiger partial charge on any atom is 0.161 e. The number of rotatable bonds is 5. The molecule has 54 heavy (non-hydrogen) atoms. The van der Waals surface area contributed by atoms with Crippen molar-refractivity contribution in [3.8, 4) is 50.7 Å². The normalized spacial score (nSPS) is 11.7. The number of benzene rings is 8. The summed E-state index contributed by atoms with van der Waals surface area (Å²) < 4.78 is 9.39. The zero-order valence-corrected chi connectivity index (χ0v) is 29.1. The summed E-state index contributed by atoms with van der Waals surface area (Å²) in [4.78, 5) is 10.6. The molecule has 0 atom stereocenters. The van der Waals surface area contributed by atoms with Gasteiger partial charge in [-0.3, -0.25) is 0 Å². The van der Waals surface area contributed by atoms with Crippen molar-refractivity contribution in [1.82, 2.24) is 14.5 Å². The van der Waals surface area contributed by atoms with E-state index in [0.29, 0.717) is 5.82 Å². The molecule has 11 rings (SSSR count). The SMILES string of the molecule is c1ccc(-c2ccc(-c3cc(-c4cccc5c4oc4c5ccc5c4c4ccccc4n5-c4ccccc4)nc(-c4cccc5ccccc45)n3)cc2)cc1. The molecule has 0 saturated heterocycles. The van der Waals surface area contributed by atoms with Crippen LogP contribution in [0.3, 0.4) is 0 Å². The van der Waals surface area contributed by atoms with Crippen LogP contribution in [0.1, 0.15) is 0 Å². The highest BCUT2D eigenvalue weighted by atomic mass is 16.3. The van der Waals surface area contributed by atoms with Gasteiger partial charge >= 0.3 is 0 Å². The second kappa shape index (κ2) is 12.1. The number of nitrogens with zero attached hydrogens (tertiary/aromatic N) is 3. The maximum absolute atomic E-state index is 7.06. The summed E-state index contributed by atoms with van der Waals surface area (Å²) >= 11 is 0. The van der Waals surface area contributed by atoms with E-state index in [1.807, 2.05) is 6.07 Å². The standard InChI is InChI=1S/C50H31N3O/c1-3-13-32(14-4-1)33-25-27-35(28-26-33)43-31-44(52-50(51-43)40-22-11-16-34-15-7-8-19-37(34)40)41-23-12-21-38-39-29-30-46-47(49(39)54-48(38)41)42-20-9-10-24-45(42)53(46)36-17-5-2-6-18-36/h1-31H. The van der Waals surface area contributed by atoms with Crippen LogP contribution in [-0.2, 0) is 0 Å². The van der Waals surface area contributed by atoms with Gasteiger partial charge in [0.2, 0.25) is 0 Å². The van der Waals surface area contributed by atoms with Crippen LogP contribution in [0.5, 0.6) is 0 Å². The van der Waals surface area contributed by atoms with E-state index < -0.39 is 0 Å². The van der Waals surface area contributed by atoms with Gasteiger partial charge in [0, 0.05) is 38.5 Å². The summed E-state index contributed by atoms with van der Waals surface area (Å²) in [5.74, 6) is 0.674. The highest BCUT2D eigenvalue weighted by Gasteiger charge is 2.21. The second-order valence-corrected chi connectivity index (χ2v) is 13.7. The number of hydrogen-bond acceptors (Lipinski definition) is 3. The Balaban J connectivity index is 1.15. The van der Waals surface area contributed by atoms with Crippen molar-refractivity contribution >= 4 is 54.5 Å². The topological polar surface area (TPSA) is 43.9 Å². The zero-order valence-electron chi connectivity index (χ0n) is 29.1. The largest absolute Gasteiger partial charge is 0.455 e. The van der Waals surface area contributed by atoms with Gasteiger partial charge in [0.1, 0.15) is 11.2 Å². The molecule has 252 valence electrons. The minimum absolute atomic E-state index is 0.674. The molecule has 0 aliphatic rings. The van der Waals surface area contributed by atoms with Crippen LogP contribution < -0.4 is 0 Å². The molecule has 3 heterocycles. The van der Waals surface area contributed by atoms with E-state index in [-0.39, 0.29) is 0 Å². The fourth-order valence-electron chi connectivity index (χ4n) is 8.10. The van der Waals surface area contributed by atoms with Crippen molar-refractivity contribution in [3.05, 3.63) is 188 Å². The number of para-hydroxylation sites is 3. The molecule has 3 aromatic heterocycles. The predicted molar refractivity (Wildman–Crippen MR) is 223 cm³/mol. The molecule has 0 amide bonds. The van der Waals surface area contributed by atoms with E-state index in [9.17, 15) is 0 Å². The third kappa shape index (κ3) is 4.78. The van der Waals surface area contributed by atoms with Gasteiger partial charge in [0.15, 0.2) is 5.82 Å². The minimum atomic E-state index is 0.674. The molecule has 0 fully saturated rings. The van der Waals surface area contributed by atoms with E-state index >= 15 is 0 Å². The Kier molecular flexibility index (Phi) is 6.82. The van der Waals surface area contributed by atoms with Crippen LogP contribution in [0.15, 0.2) is 192 Å². The van der Waals surface area contributed by atoms with Crippen LogP contribution in [0, 0.1) is 0 Å². The highest BCUT2D eigenvalue weighted by Crippen LogP contribution is 2.43. The molecular weight excluding hydrogens is 659 g/mol. The van der Waals surface area contributed by atoms with E-state index in [1.54, 1.807) is 0 Å². The van der Waals surface area contributed by atoms with Crippen molar-refractivity contribution < 1.29 is 4.42 Å². The van der Waals surface area contributed by atoms with Crippen LogP contribution in [0.2, 0.25) is 0 Å². The molecular formula is C50H31N3O. The highest BCUT2D eigenvalue weighted by molar-refractivity contribution is 6.24. The average Bonchev–Trinajstić information content (AvgIpc) is 3.80. The molecule has 4 nitrogen and oxygen atoms in total. The molecule has 4 heteroatoms. The summed E-state index contributed by atoms with van der Waals surface area (Å²) in [5, 5.41) is 6.66. The van der Waals surface area contributed by atoms with Gasteiger partial charge in [-0.05, 0) is 64.4 Å². The van der Waals surface area contributed by atoms with Gasteiger partial charge in [-0.15, -0.1) is 0 Å². The number of fused-ring (bicyclic) bond motifs is 8. The number of furan rings is 1. The Morgan fingerprint density at radius 3 is 1.85 bits per heavy atom. The van der Waals surface area contributed by atoms with Gasteiger partial charge < -0.3 is 8.98 Å². The average molecular weight is 690 g/mol. The smallest absolute Gasteiger partial charge is 0.161 e. The van der Waals surface area contributed by atoms with Crippen molar-refractivity contribution in [2.45, 2.75) is 0 Å². The molecule has 11 aromatic rings. The Hall–Kier alpha value is -7.30. The number of hydrogen-bond donors (Lipinski definition) is 0. The molecule has 0 bridgehead atoms. The van der Waals surface area contributed by atoms with Crippen molar-refractivity contribution in [1.29, 1.82) is 0 Å². The van der Waals surface area contributed by atoms with Crippen LogP contribution in [0.4, 0.5) is 0 Å². The van der Waals surface area contributed by atoms with Crippen LogP contribution >= 0.6 is 0 Å². The summed E-state index contributed by atoms with van der Waals surface area (Å²) in [6.45, 7) is 0. The molecule has 8 aromatic carbocycles. The monoisotopic (exact) mass is 689 g/mol. The van der Waals surface area contributed by atoms with E-state index in [0.717, 1.165) is 93.8 Å². The Morgan fingerprint density at radius 2 is 1.00 bits per heavy atom. The summed E-state index contributed by atoms with van der Waals surface area (Å²) in [6.07, 6.45) is 0. The molecule has 0 aliphatic carbocycles. The summed E-state index contributed by atoms with van der Waals surface area (Å²) in [5.41, 5.74) is 12.0. The molecule has 0 spiro atoms. The first kappa shape index (κ1) is 30.3. The molecule has 0 radical (unpaired) electrons. The Morgan fingerprint density at radius 1 is 0.389 bits per heavy atom. The van der Waals surface area contributed by atoms with Gasteiger partial charge in [0.25, 0.3) is 0 Å². The lowest BCUT2D eigenvalue weighted by Crippen LogP contribution is -1.97. The maximum atomic E-state index is 7.06. The van der Waals surface area contributed by atoms with Crippen LogP contribution in [-0.4, -0.2) is 14.5 Å². The lowest BCUT2D eigenvalue weighted by Gasteiger charge is -2.12. The zero-order chi connectivity index (χ0) is 35.6. The first-order valence-corrected chi connectivity index (χ1v) is 18.2. The fourth-order valence-corrected chi connectivity index (χ4v) is 8.10. The third-order valence-electron chi connectivity index (χ3n) is 10.6. The third-order valence-corrected chi connectivity index (χ3v) is 10.6. The van der Waals surface area contributed by atoms with E-state index in [2.05, 4.69) is 187 Å². The summed E-state index contributed by atoms with van der Waals surface area (Å²) in [7, 11) is 0. The fraction of sp³-hybridized carbons (Fsp3) is 0. The van der Waals surface area contributed by atoms with Crippen LogP contribution in [0.25, 0.3) is 105 Å². The lowest BCUT2D eigenvalue weighted by atomic mass is 10.00. The summed E-state index contributed by atoms with van der Waals surface area (Å²) in [6, 6.07) is 65.9. The molecule has 0 aliphatic heterocycles. The Labute approximate surface area is 311 Å². The van der Waals surface area contributed by atoms with Gasteiger partial charge in [-0.2, -0.15) is 0 Å². The Bertz CT molecular complexity index is 3190. The minimum Gasteiger partial charge on any atom is -0.455 e. The second-order valence-electron chi connectivity index (χ2n) is 13.7.